The highest BCUT2D eigenvalue weighted by Gasteiger charge is 2.22. The molecule has 1 aliphatic carbocycles. The number of sulfonamides is 1. The number of nitrogens with two attached hydrogens (primary N) is 1. The van der Waals surface area contributed by atoms with Crippen molar-refractivity contribution in [2.45, 2.75) is 25.8 Å². The lowest BCUT2D eigenvalue weighted by Gasteiger charge is -2.07. The molecule has 94 valence electrons. The summed E-state index contributed by atoms with van der Waals surface area (Å²) in [6, 6.07) is 0.431. The summed E-state index contributed by atoms with van der Waals surface area (Å²) in [5.41, 5.74) is 2.42. The molecule has 0 bridgehead atoms. The van der Waals surface area contributed by atoms with Gasteiger partial charge in [-0.2, -0.15) is 0 Å². The molecule has 16 heavy (non-hydrogen) atoms. The molecule has 0 saturated heterocycles. The Labute approximate surface area is 95.9 Å². The summed E-state index contributed by atoms with van der Waals surface area (Å²) in [5.74, 6) is 5.67. The highest BCUT2D eigenvalue weighted by Crippen LogP contribution is 2.18. The first-order chi connectivity index (χ1) is 7.57. The van der Waals surface area contributed by atoms with Crippen molar-refractivity contribution in [3.8, 4) is 0 Å². The van der Waals surface area contributed by atoms with Gasteiger partial charge in [-0.1, -0.05) is 6.92 Å². The number of hydrogen-bond acceptors (Lipinski definition) is 4. The summed E-state index contributed by atoms with van der Waals surface area (Å²) in [7, 11) is -3.20. The zero-order valence-electron chi connectivity index (χ0n) is 9.36. The van der Waals surface area contributed by atoms with Crippen LogP contribution in [-0.4, -0.2) is 39.3 Å². The second-order valence-electron chi connectivity index (χ2n) is 3.61. The van der Waals surface area contributed by atoms with Gasteiger partial charge >= 0.3 is 0 Å². The standard InChI is InChI=1S/C8H19N5O2S/c1-2-11-16(14,15)6-5-10-8(13-9)12-7-3-4-7/h7,11H,2-6,9H2,1H3,(H2,10,12,13). The maximum Gasteiger partial charge on any atom is 0.213 e. The van der Waals surface area contributed by atoms with E-state index in [9.17, 15) is 8.42 Å². The van der Waals surface area contributed by atoms with Crippen LogP contribution in [0.25, 0.3) is 0 Å². The topological polar surface area (TPSA) is 109 Å². The smallest absolute Gasteiger partial charge is 0.213 e. The SMILES string of the molecule is CCNS(=O)(=O)CCN=C(NN)NC1CC1. The molecule has 0 spiro atoms. The molecule has 5 N–H and O–H groups in total. The Bertz CT molecular complexity index is 336. The third kappa shape index (κ3) is 5.29. The fourth-order valence-electron chi connectivity index (χ4n) is 1.12. The van der Waals surface area contributed by atoms with Crippen LogP contribution in [0.4, 0.5) is 0 Å². The van der Waals surface area contributed by atoms with Gasteiger partial charge in [0.05, 0.1) is 12.3 Å². The van der Waals surface area contributed by atoms with Gasteiger partial charge in [-0.15, -0.1) is 0 Å². The minimum absolute atomic E-state index is 0.0294. The highest BCUT2D eigenvalue weighted by atomic mass is 32.2. The lowest BCUT2D eigenvalue weighted by atomic mass is 10.7. The predicted molar refractivity (Wildman–Crippen MR) is 63.2 cm³/mol. The molecule has 0 amide bonds. The van der Waals surface area contributed by atoms with Crippen molar-refractivity contribution in [2.24, 2.45) is 10.8 Å². The summed E-state index contributed by atoms with van der Waals surface area (Å²) in [4.78, 5) is 4.04. The van der Waals surface area contributed by atoms with E-state index < -0.39 is 10.0 Å². The molecule has 1 aliphatic rings. The monoisotopic (exact) mass is 249 g/mol. The maximum atomic E-state index is 11.3. The molecule has 0 unspecified atom stereocenters. The first-order valence-electron chi connectivity index (χ1n) is 5.32. The van der Waals surface area contributed by atoms with Crippen LogP contribution in [0, 0.1) is 0 Å². The molecule has 8 heteroatoms. The van der Waals surface area contributed by atoms with E-state index in [-0.39, 0.29) is 12.3 Å². The molecular formula is C8H19N5O2S. The Morgan fingerprint density at radius 1 is 1.50 bits per heavy atom. The Kier molecular flexibility index (Phi) is 4.97. The normalized spacial score (nSPS) is 17.2. The molecule has 0 aliphatic heterocycles. The van der Waals surface area contributed by atoms with E-state index >= 15 is 0 Å². The van der Waals surface area contributed by atoms with E-state index in [1.54, 1.807) is 6.92 Å². The fourth-order valence-corrected chi connectivity index (χ4v) is 2.04. The average Bonchev–Trinajstić information content (AvgIpc) is 2.99. The molecule has 0 aromatic carbocycles. The van der Waals surface area contributed by atoms with Crippen LogP contribution in [0.5, 0.6) is 0 Å². The van der Waals surface area contributed by atoms with E-state index in [2.05, 4.69) is 20.5 Å². The second-order valence-corrected chi connectivity index (χ2v) is 5.54. The number of rotatable bonds is 6. The fraction of sp³-hybridized carbons (Fsp3) is 0.875. The van der Waals surface area contributed by atoms with E-state index in [4.69, 9.17) is 5.84 Å². The number of nitrogens with one attached hydrogen (secondary N) is 3. The number of nitrogens with zero attached hydrogens (tertiary/aromatic N) is 1. The third-order valence-electron chi connectivity index (χ3n) is 2.05. The molecule has 1 rings (SSSR count). The van der Waals surface area contributed by atoms with Crippen LogP contribution < -0.4 is 21.3 Å². The maximum absolute atomic E-state index is 11.3. The van der Waals surface area contributed by atoms with Crippen molar-refractivity contribution in [1.29, 1.82) is 0 Å². The zero-order chi connectivity index (χ0) is 12.0. The summed E-state index contributed by atoms with van der Waals surface area (Å²) in [6.45, 7) is 2.32. The summed E-state index contributed by atoms with van der Waals surface area (Å²) in [6.07, 6.45) is 2.22. The van der Waals surface area contributed by atoms with E-state index in [0.29, 0.717) is 18.5 Å². The number of aliphatic imine (C=N–C) groups is 1. The van der Waals surface area contributed by atoms with Gasteiger partial charge in [-0.3, -0.25) is 10.4 Å². The molecule has 0 radical (unpaired) electrons. The van der Waals surface area contributed by atoms with Gasteiger partial charge in [-0.05, 0) is 12.8 Å². The largest absolute Gasteiger partial charge is 0.353 e. The van der Waals surface area contributed by atoms with Crippen LogP contribution in [0.1, 0.15) is 19.8 Å². The summed E-state index contributed by atoms with van der Waals surface area (Å²) < 4.78 is 25.0. The van der Waals surface area contributed by atoms with E-state index in [1.807, 2.05) is 0 Å². The van der Waals surface area contributed by atoms with Crippen molar-refractivity contribution in [3.05, 3.63) is 0 Å². The van der Waals surface area contributed by atoms with Crippen molar-refractivity contribution >= 4 is 16.0 Å². The van der Waals surface area contributed by atoms with Gasteiger partial charge in [-0.25, -0.2) is 19.0 Å². The molecule has 7 nitrogen and oxygen atoms in total. The number of guanidine groups is 1. The summed E-state index contributed by atoms with van der Waals surface area (Å²) >= 11 is 0. The molecule has 0 heterocycles. The van der Waals surface area contributed by atoms with Crippen LogP contribution >= 0.6 is 0 Å². The van der Waals surface area contributed by atoms with Crippen molar-refractivity contribution in [3.63, 3.8) is 0 Å². The van der Waals surface area contributed by atoms with Gasteiger partial charge in [0.25, 0.3) is 0 Å². The predicted octanol–water partition coefficient (Wildman–Crippen LogP) is -1.50. The van der Waals surface area contributed by atoms with Gasteiger partial charge in [0, 0.05) is 12.6 Å². The Morgan fingerprint density at radius 3 is 2.69 bits per heavy atom. The van der Waals surface area contributed by atoms with Gasteiger partial charge in [0.15, 0.2) is 0 Å². The van der Waals surface area contributed by atoms with Crippen molar-refractivity contribution in [1.82, 2.24) is 15.5 Å². The van der Waals surface area contributed by atoms with Gasteiger partial charge in [0.2, 0.25) is 16.0 Å². The highest BCUT2D eigenvalue weighted by molar-refractivity contribution is 7.89. The average molecular weight is 249 g/mol. The molecule has 1 saturated carbocycles. The van der Waals surface area contributed by atoms with Crippen LogP contribution in [0.15, 0.2) is 4.99 Å². The molecule has 0 aromatic rings. The third-order valence-corrected chi connectivity index (χ3v) is 3.50. The Balaban J connectivity index is 2.32. The first-order valence-corrected chi connectivity index (χ1v) is 6.97. The molecule has 1 fully saturated rings. The van der Waals surface area contributed by atoms with Crippen LogP contribution in [-0.2, 0) is 10.0 Å². The first kappa shape index (κ1) is 13.2. The molecule has 0 aromatic heterocycles. The zero-order valence-corrected chi connectivity index (χ0v) is 10.2. The lowest BCUT2D eigenvalue weighted by Crippen LogP contribution is -2.43. The minimum atomic E-state index is -3.20. The lowest BCUT2D eigenvalue weighted by molar-refractivity contribution is 0.583. The van der Waals surface area contributed by atoms with Crippen LogP contribution in [0.3, 0.4) is 0 Å². The minimum Gasteiger partial charge on any atom is -0.353 e. The van der Waals surface area contributed by atoms with Gasteiger partial charge < -0.3 is 5.32 Å². The van der Waals surface area contributed by atoms with Crippen molar-refractivity contribution in [2.75, 3.05) is 18.8 Å². The van der Waals surface area contributed by atoms with Crippen molar-refractivity contribution < 1.29 is 8.42 Å². The Hall–Kier alpha value is -0.860. The Morgan fingerprint density at radius 2 is 2.19 bits per heavy atom. The number of hydrazine groups is 1. The van der Waals surface area contributed by atoms with Crippen LogP contribution in [0.2, 0.25) is 0 Å². The molecular weight excluding hydrogens is 230 g/mol. The number of hydrogen-bond donors (Lipinski definition) is 4. The molecule has 0 atom stereocenters. The quantitative estimate of drug-likeness (QED) is 0.198. The van der Waals surface area contributed by atoms with Gasteiger partial charge in [0.1, 0.15) is 0 Å². The second kappa shape index (κ2) is 6.02. The summed E-state index contributed by atoms with van der Waals surface area (Å²) in [5, 5.41) is 3.06. The van der Waals surface area contributed by atoms with E-state index in [1.165, 1.54) is 0 Å². The van der Waals surface area contributed by atoms with E-state index in [0.717, 1.165) is 12.8 Å².